The van der Waals surface area contributed by atoms with E-state index in [2.05, 4.69) is 44.2 Å². The summed E-state index contributed by atoms with van der Waals surface area (Å²) in [4.78, 5) is 11.0. The Morgan fingerprint density at radius 2 is 2.08 bits per heavy atom. The van der Waals surface area contributed by atoms with Crippen molar-refractivity contribution < 1.29 is 4.52 Å². The Bertz CT molecular complexity index is 795. The standard InChI is InChI=1S/C18H22N6O/c1-14-5-7-15(8-6-14)18-21-17(22-25-18)11-23-9-3-2-4-16(23)10-24-13-19-12-20-24/h5-8,12-13,16H,2-4,9-11H2,1H3/t16-/m1/s1. The van der Waals surface area contributed by atoms with Crippen LogP contribution in [0.5, 0.6) is 0 Å². The summed E-state index contributed by atoms with van der Waals surface area (Å²) >= 11 is 0. The molecule has 7 heteroatoms. The van der Waals surface area contributed by atoms with Crippen LogP contribution in [0.15, 0.2) is 41.4 Å². The summed E-state index contributed by atoms with van der Waals surface area (Å²) in [6.45, 7) is 4.67. The molecule has 1 atom stereocenters. The van der Waals surface area contributed by atoms with Crippen LogP contribution in [0.1, 0.15) is 30.7 Å². The number of aromatic nitrogens is 5. The van der Waals surface area contributed by atoms with E-state index < -0.39 is 0 Å². The predicted molar refractivity (Wildman–Crippen MR) is 92.5 cm³/mol. The topological polar surface area (TPSA) is 72.9 Å². The van der Waals surface area contributed by atoms with Gasteiger partial charge < -0.3 is 4.52 Å². The van der Waals surface area contributed by atoms with Crippen molar-refractivity contribution in [3.63, 3.8) is 0 Å². The molecular weight excluding hydrogens is 316 g/mol. The van der Waals surface area contributed by atoms with Crippen molar-refractivity contribution in [3.05, 3.63) is 48.3 Å². The zero-order valence-electron chi connectivity index (χ0n) is 14.4. The lowest BCUT2D eigenvalue weighted by atomic mass is 10.0. The SMILES string of the molecule is Cc1ccc(-c2nc(CN3CCCC[C@@H]3Cn3cncn3)no2)cc1. The lowest BCUT2D eigenvalue weighted by Crippen LogP contribution is -2.41. The summed E-state index contributed by atoms with van der Waals surface area (Å²) in [5, 5.41) is 8.41. The number of piperidine rings is 1. The third kappa shape index (κ3) is 3.76. The molecule has 0 bridgehead atoms. The molecule has 4 rings (SSSR count). The molecule has 3 heterocycles. The van der Waals surface area contributed by atoms with E-state index in [1.807, 2.05) is 16.8 Å². The first kappa shape index (κ1) is 16.0. The van der Waals surface area contributed by atoms with Crippen molar-refractivity contribution in [3.8, 4) is 11.5 Å². The highest BCUT2D eigenvalue weighted by atomic mass is 16.5. The Hall–Kier alpha value is -2.54. The third-order valence-corrected chi connectivity index (χ3v) is 4.72. The lowest BCUT2D eigenvalue weighted by molar-refractivity contribution is 0.117. The van der Waals surface area contributed by atoms with Crippen LogP contribution in [0.3, 0.4) is 0 Å². The maximum absolute atomic E-state index is 5.46. The van der Waals surface area contributed by atoms with Gasteiger partial charge >= 0.3 is 0 Å². The molecule has 2 aromatic heterocycles. The first-order valence-corrected chi connectivity index (χ1v) is 8.74. The number of hydrogen-bond donors (Lipinski definition) is 0. The van der Waals surface area contributed by atoms with Gasteiger partial charge in [0.1, 0.15) is 12.7 Å². The van der Waals surface area contributed by atoms with Gasteiger partial charge in [0.2, 0.25) is 0 Å². The number of aryl methyl sites for hydroxylation is 1. The van der Waals surface area contributed by atoms with E-state index in [-0.39, 0.29) is 0 Å². The van der Waals surface area contributed by atoms with Crippen molar-refractivity contribution in [1.29, 1.82) is 0 Å². The maximum atomic E-state index is 5.46. The number of likely N-dealkylation sites (tertiary alicyclic amines) is 1. The number of hydrogen-bond acceptors (Lipinski definition) is 6. The molecule has 25 heavy (non-hydrogen) atoms. The molecule has 130 valence electrons. The first-order chi connectivity index (χ1) is 12.3. The van der Waals surface area contributed by atoms with Gasteiger partial charge in [0.25, 0.3) is 5.89 Å². The predicted octanol–water partition coefficient (Wildman–Crippen LogP) is 2.69. The number of benzene rings is 1. The van der Waals surface area contributed by atoms with Crippen LogP contribution in [0.25, 0.3) is 11.5 Å². The van der Waals surface area contributed by atoms with Crippen LogP contribution in [-0.2, 0) is 13.1 Å². The molecule has 0 spiro atoms. The first-order valence-electron chi connectivity index (χ1n) is 8.74. The van der Waals surface area contributed by atoms with Gasteiger partial charge in [-0.25, -0.2) is 4.98 Å². The van der Waals surface area contributed by atoms with E-state index in [9.17, 15) is 0 Å². The van der Waals surface area contributed by atoms with Crippen LogP contribution >= 0.6 is 0 Å². The Balaban J connectivity index is 1.45. The van der Waals surface area contributed by atoms with Crippen LogP contribution in [0, 0.1) is 6.92 Å². The molecule has 1 aromatic carbocycles. The maximum Gasteiger partial charge on any atom is 0.257 e. The van der Waals surface area contributed by atoms with E-state index in [1.54, 1.807) is 12.7 Å². The number of nitrogens with zero attached hydrogens (tertiary/aromatic N) is 6. The molecule has 0 saturated carbocycles. The van der Waals surface area contributed by atoms with Gasteiger partial charge in [-0.2, -0.15) is 10.1 Å². The van der Waals surface area contributed by atoms with Crippen molar-refractivity contribution >= 4 is 0 Å². The molecule has 0 amide bonds. The minimum Gasteiger partial charge on any atom is -0.334 e. The molecular formula is C18H22N6O. The fourth-order valence-corrected chi connectivity index (χ4v) is 3.33. The fraction of sp³-hybridized carbons (Fsp3) is 0.444. The van der Waals surface area contributed by atoms with Gasteiger partial charge in [0.15, 0.2) is 5.82 Å². The zero-order chi connectivity index (χ0) is 17.1. The van der Waals surface area contributed by atoms with E-state index in [4.69, 9.17) is 4.52 Å². The molecule has 0 radical (unpaired) electrons. The van der Waals surface area contributed by atoms with E-state index in [0.29, 0.717) is 18.5 Å². The Morgan fingerprint density at radius 1 is 1.20 bits per heavy atom. The molecule has 7 nitrogen and oxygen atoms in total. The van der Waals surface area contributed by atoms with Crippen LogP contribution in [0.4, 0.5) is 0 Å². The summed E-state index contributed by atoms with van der Waals surface area (Å²) in [5.41, 5.74) is 2.18. The third-order valence-electron chi connectivity index (χ3n) is 4.72. The molecule has 1 fully saturated rings. The minimum absolute atomic E-state index is 0.428. The zero-order valence-corrected chi connectivity index (χ0v) is 14.4. The highest BCUT2D eigenvalue weighted by Crippen LogP contribution is 2.22. The van der Waals surface area contributed by atoms with E-state index >= 15 is 0 Å². The fourth-order valence-electron chi connectivity index (χ4n) is 3.33. The molecule has 0 N–H and O–H groups in total. The number of rotatable bonds is 5. The molecule has 0 aliphatic carbocycles. The normalized spacial score (nSPS) is 18.5. The van der Waals surface area contributed by atoms with E-state index in [1.165, 1.54) is 18.4 Å². The largest absolute Gasteiger partial charge is 0.334 e. The second-order valence-corrected chi connectivity index (χ2v) is 6.62. The van der Waals surface area contributed by atoms with Crippen LogP contribution in [0.2, 0.25) is 0 Å². The highest BCUT2D eigenvalue weighted by molar-refractivity contribution is 5.53. The Kier molecular flexibility index (Phi) is 4.56. The summed E-state index contributed by atoms with van der Waals surface area (Å²) in [6.07, 6.45) is 6.96. The molecule has 1 saturated heterocycles. The second-order valence-electron chi connectivity index (χ2n) is 6.62. The Labute approximate surface area is 146 Å². The summed E-state index contributed by atoms with van der Waals surface area (Å²) in [7, 11) is 0. The highest BCUT2D eigenvalue weighted by Gasteiger charge is 2.24. The molecule has 3 aromatic rings. The van der Waals surface area contributed by atoms with Crippen molar-refractivity contribution in [2.45, 2.75) is 45.3 Å². The van der Waals surface area contributed by atoms with E-state index in [0.717, 1.165) is 30.9 Å². The minimum atomic E-state index is 0.428. The van der Waals surface area contributed by atoms with Crippen molar-refractivity contribution in [2.24, 2.45) is 0 Å². The monoisotopic (exact) mass is 338 g/mol. The van der Waals surface area contributed by atoms with Gasteiger partial charge in [0, 0.05) is 11.6 Å². The molecule has 1 aliphatic rings. The van der Waals surface area contributed by atoms with Gasteiger partial charge in [0.05, 0.1) is 13.1 Å². The smallest absolute Gasteiger partial charge is 0.257 e. The average Bonchev–Trinajstić information content (AvgIpc) is 3.29. The molecule has 0 unspecified atom stereocenters. The quantitative estimate of drug-likeness (QED) is 0.712. The van der Waals surface area contributed by atoms with Gasteiger partial charge in [-0.1, -0.05) is 29.3 Å². The second kappa shape index (κ2) is 7.14. The van der Waals surface area contributed by atoms with Crippen LogP contribution < -0.4 is 0 Å². The van der Waals surface area contributed by atoms with Gasteiger partial charge in [-0.05, 0) is 38.4 Å². The van der Waals surface area contributed by atoms with Crippen molar-refractivity contribution in [2.75, 3.05) is 6.54 Å². The summed E-state index contributed by atoms with van der Waals surface area (Å²) < 4.78 is 7.36. The van der Waals surface area contributed by atoms with Crippen molar-refractivity contribution in [1.82, 2.24) is 29.8 Å². The Morgan fingerprint density at radius 3 is 2.88 bits per heavy atom. The average molecular weight is 338 g/mol. The van der Waals surface area contributed by atoms with Crippen LogP contribution in [-0.4, -0.2) is 42.4 Å². The summed E-state index contributed by atoms with van der Waals surface area (Å²) in [5.74, 6) is 1.32. The lowest BCUT2D eigenvalue weighted by Gasteiger charge is -2.34. The molecule has 1 aliphatic heterocycles. The van der Waals surface area contributed by atoms with Gasteiger partial charge in [-0.3, -0.25) is 9.58 Å². The van der Waals surface area contributed by atoms with Gasteiger partial charge in [-0.15, -0.1) is 0 Å². The summed E-state index contributed by atoms with van der Waals surface area (Å²) in [6, 6.07) is 8.56.